The molecule has 1 rings (SSSR count). The molecule has 22 heavy (non-hydrogen) atoms. The second-order valence-corrected chi connectivity index (χ2v) is 6.41. The number of halogens is 1. The van der Waals surface area contributed by atoms with Crippen molar-refractivity contribution in [3.8, 4) is 5.75 Å². The van der Waals surface area contributed by atoms with E-state index in [-0.39, 0.29) is 18.2 Å². The van der Waals surface area contributed by atoms with Crippen LogP contribution in [0.25, 0.3) is 0 Å². The molecule has 1 amide bonds. The molecule has 0 aromatic heterocycles. The standard InChI is InChI=1S/C16H22BrNO4/c1-10(2)8-13(16(20)21)18-15(19)7-5-11-4-6-14(22-3)12(17)9-11/h4,6,9-10,13H,5,7-8H2,1-3H3,(H,18,19)(H,20,21). The summed E-state index contributed by atoms with van der Waals surface area (Å²) in [4.78, 5) is 23.0. The van der Waals surface area contributed by atoms with Crippen molar-refractivity contribution >= 4 is 27.8 Å². The number of carboxylic acids is 1. The highest BCUT2D eigenvalue weighted by atomic mass is 79.9. The predicted molar refractivity (Wildman–Crippen MR) is 88.0 cm³/mol. The van der Waals surface area contributed by atoms with E-state index in [0.717, 1.165) is 15.8 Å². The molecule has 5 nitrogen and oxygen atoms in total. The van der Waals surface area contributed by atoms with Gasteiger partial charge in [0.25, 0.3) is 0 Å². The molecule has 0 bridgehead atoms. The third-order valence-electron chi connectivity index (χ3n) is 3.20. The molecule has 0 spiro atoms. The molecule has 1 unspecified atom stereocenters. The lowest BCUT2D eigenvalue weighted by molar-refractivity contribution is -0.142. The number of rotatable bonds is 8. The van der Waals surface area contributed by atoms with Crippen molar-refractivity contribution in [3.05, 3.63) is 28.2 Å². The first-order valence-electron chi connectivity index (χ1n) is 7.18. The fourth-order valence-corrected chi connectivity index (χ4v) is 2.67. The Morgan fingerprint density at radius 3 is 2.55 bits per heavy atom. The van der Waals surface area contributed by atoms with E-state index in [0.29, 0.717) is 12.8 Å². The highest BCUT2D eigenvalue weighted by Gasteiger charge is 2.20. The summed E-state index contributed by atoms with van der Waals surface area (Å²) in [6, 6.07) is 4.79. The van der Waals surface area contributed by atoms with E-state index in [4.69, 9.17) is 9.84 Å². The van der Waals surface area contributed by atoms with Crippen LogP contribution in [0.4, 0.5) is 0 Å². The summed E-state index contributed by atoms with van der Waals surface area (Å²) in [5.41, 5.74) is 0.985. The molecule has 122 valence electrons. The third kappa shape index (κ3) is 6.05. The average Bonchev–Trinajstić information content (AvgIpc) is 2.44. The molecule has 1 aromatic rings. The van der Waals surface area contributed by atoms with Crippen LogP contribution in [0.2, 0.25) is 0 Å². The number of nitrogens with one attached hydrogen (secondary N) is 1. The third-order valence-corrected chi connectivity index (χ3v) is 3.82. The number of carbonyl (C=O) groups excluding carboxylic acids is 1. The maximum absolute atomic E-state index is 11.9. The van der Waals surface area contributed by atoms with Crippen molar-refractivity contribution in [2.24, 2.45) is 5.92 Å². The highest BCUT2D eigenvalue weighted by Crippen LogP contribution is 2.25. The summed E-state index contributed by atoms with van der Waals surface area (Å²) < 4.78 is 5.98. The molecular formula is C16H22BrNO4. The zero-order valence-corrected chi connectivity index (χ0v) is 14.6. The van der Waals surface area contributed by atoms with Crippen LogP contribution < -0.4 is 10.1 Å². The van der Waals surface area contributed by atoms with Gasteiger partial charge in [0.1, 0.15) is 11.8 Å². The summed E-state index contributed by atoms with van der Waals surface area (Å²) in [6.45, 7) is 3.86. The number of hydrogen-bond donors (Lipinski definition) is 2. The van der Waals surface area contributed by atoms with E-state index in [1.54, 1.807) is 7.11 Å². The summed E-state index contributed by atoms with van der Waals surface area (Å²) in [5.74, 6) is -0.302. The Kier molecular flexibility index (Phi) is 7.38. The Hall–Kier alpha value is -1.56. The van der Waals surface area contributed by atoms with Crippen LogP contribution in [-0.4, -0.2) is 30.1 Å². The van der Waals surface area contributed by atoms with E-state index in [1.165, 1.54) is 0 Å². The van der Waals surface area contributed by atoms with Crippen molar-refractivity contribution in [2.45, 2.75) is 39.2 Å². The maximum atomic E-state index is 11.9. The minimum Gasteiger partial charge on any atom is -0.496 e. The molecule has 1 aromatic carbocycles. The number of amides is 1. The van der Waals surface area contributed by atoms with Crippen LogP contribution in [0.3, 0.4) is 0 Å². The van der Waals surface area contributed by atoms with E-state index >= 15 is 0 Å². The van der Waals surface area contributed by atoms with E-state index in [9.17, 15) is 9.59 Å². The molecule has 0 aliphatic carbocycles. The van der Waals surface area contributed by atoms with E-state index in [2.05, 4.69) is 21.2 Å². The number of carbonyl (C=O) groups is 2. The Balaban J connectivity index is 2.54. The van der Waals surface area contributed by atoms with Crippen molar-refractivity contribution < 1.29 is 19.4 Å². The van der Waals surface area contributed by atoms with Crippen molar-refractivity contribution in [2.75, 3.05) is 7.11 Å². The lowest BCUT2D eigenvalue weighted by atomic mass is 10.0. The lowest BCUT2D eigenvalue weighted by Gasteiger charge is -2.16. The molecule has 0 fully saturated rings. The van der Waals surface area contributed by atoms with Crippen LogP contribution in [0.5, 0.6) is 5.75 Å². The number of ether oxygens (including phenoxy) is 1. The summed E-state index contributed by atoms with van der Waals surface area (Å²) in [5, 5.41) is 11.7. The van der Waals surface area contributed by atoms with Crippen LogP contribution in [0, 0.1) is 5.92 Å². The van der Waals surface area contributed by atoms with Gasteiger partial charge in [-0.25, -0.2) is 4.79 Å². The molecule has 2 N–H and O–H groups in total. The average molecular weight is 372 g/mol. The topological polar surface area (TPSA) is 75.6 Å². The first kappa shape index (κ1) is 18.5. The summed E-state index contributed by atoms with van der Waals surface area (Å²) >= 11 is 3.40. The van der Waals surface area contributed by atoms with Gasteiger partial charge in [-0.15, -0.1) is 0 Å². The molecule has 0 heterocycles. The molecule has 0 saturated heterocycles. The van der Waals surface area contributed by atoms with Crippen LogP contribution >= 0.6 is 15.9 Å². The van der Waals surface area contributed by atoms with Crippen molar-refractivity contribution in [1.29, 1.82) is 0 Å². The van der Waals surface area contributed by atoms with Gasteiger partial charge in [0.15, 0.2) is 0 Å². The number of hydrogen-bond acceptors (Lipinski definition) is 3. The van der Waals surface area contributed by atoms with Gasteiger partial charge in [-0.2, -0.15) is 0 Å². The molecule has 6 heteroatoms. The zero-order chi connectivity index (χ0) is 16.7. The van der Waals surface area contributed by atoms with Gasteiger partial charge >= 0.3 is 5.97 Å². The fraction of sp³-hybridized carbons (Fsp3) is 0.500. The fourth-order valence-electron chi connectivity index (χ4n) is 2.08. The van der Waals surface area contributed by atoms with Crippen LogP contribution in [0.15, 0.2) is 22.7 Å². The number of methoxy groups -OCH3 is 1. The molecule has 0 saturated carbocycles. The normalized spacial score (nSPS) is 12.0. The Morgan fingerprint density at radius 2 is 2.05 bits per heavy atom. The van der Waals surface area contributed by atoms with Crippen LogP contribution in [-0.2, 0) is 16.0 Å². The zero-order valence-electron chi connectivity index (χ0n) is 13.1. The smallest absolute Gasteiger partial charge is 0.326 e. The maximum Gasteiger partial charge on any atom is 0.326 e. The first-order chi connectivity index (χ1) is 10.3. The van der Waals surface area contributed by atoms with Gasteiger partial charge in [0, 0.05) is 6.42 Å². The van der Waals surface area contributed by atoms with Crippen LogP contribution in [0.1, 0.15) is 32.3 Å². The lowest BCUT2D eigenvalue weighted by Crippen LogP contribution is -2.41. The number of aryl methyl sites for hydroxylation is 1. The summed E-state index contributed by atoms with van der Waals surface area (Å²) in [7, 11) is 1.59. The number of aliphatic carboxylic acids is 1. The second kappa shape index (κ2) is 8.78. The monoisotopic (exact) mass is 371 g/mol. The Morgan fingerprint density at radius 1 is 1.36 bits per heavy atom. The van der Waals surface area contributed by atoms with E-state index in [1.807, 2.05) is 32.0 Å². The number of benzene rings is 1. The van der Waals surface area contributed by atoms with Gasteiger partial charge in [-0.1, -0.05) is 19.9 Å². The second-order valence-electron chi connectivity index (χ2n) is 5.56. The first-order valence-corrected chi connectivity index (χ1v) is 7.97. The SMILES string of the molecule is COc1ccc(CCC(=O)NC(CC(C)C)C(=O)O)cc1Br. The van der Waals surface area contributed by atoms with Gasteiger partial charge in [0.2, 0.25) is 5.91 Å². The molecule has 1 atom stereocenters. The van der Waals surface area contributed by atoms with Crippen molar-refractivity contribution in [3.63, 3.8) is 0 Å². The minimum absolute atomic E-state index is 0.207. The van der Waals surface area contributed by atoms with Gasteiger partial charge in [-0.05, 0) is 52.4 Å². The number of carboxylic acid groups (broad SMARTS) is 1. The minimum atomic E-state index is -0.991. The molecule has 0 radical (unpaired) electrons. The Bertz CT molecular complexity index is 531. The van der Waals surface area contributed by atoms with Gasteiger partial charge < -0.3 is 15.2 Å². The van der Waals surface area contributed by atoms with Crippen molar-refractivity contribution in [1.82, 2.24) is 5.32 Å². The highest BCUT2D eigenvalue weighted by molar-refractivity contribution is 9.10. The molecular weight excluding hydrogens is 350 g/mol. The predicted octanol–water partition coefficient (Wildman–Crippen LogP) is 3.01. The van der Waals surface area contributed by atoms with Gasteiger partial charge in [-0.3, -0.25) is 4.79 Å². The van der Waals surface area contributed by atoms with E-state index < -0.39 is 12.0 Å². The molecule has 0 aliphatic heterocycles. The van der Waals surface area contributed by atoms with Gasteiger partial charge in [0.05, 0.1) is 11.6 Å². The molecule has 0 aliphatic rings. The Labute approximate surface area is 139 Å². The largest absolute Gasteiger partial charge is 0.496 e. The quantitative estimate of drug-likeness (QED) is 0.736. The summed E-state index contributed by atoms with van der Waals surface area (Å²) in [6.07, 6.45) is 1.22.